The first-order valence-corrected chi connectivity index (χ1v) is 8.99. The Balaban J connectivity index is 1.65. The number of ketones is 1. The van der Waals surface area contributed by atoms with E-state index in [1.807, 2.05) is 18.4 Å². The van der Waals surface area contributed by atoms with Crippen molar-refractivity contribution in [2.24, 2.45) is 0 Å². The average molecular weight is 399 g/mol. The van der Waals surface area contributed by atoms with Gasteiger partial charge in [-0.25, -0.2) is 4.79 Å². The zero-order valence-corrected chi connectivity index (χ0v) is 16.5. The van der Waals surface area contributed by atoms with Crippen LogP contribution in [0.3, 0.4) is 0 Å². The highest BCUT2D eigenvalue weighted by Gasteiger charge is 2.19. The maximum absolute atomic E-state index is 12.5. The number of aromatic nitrogens is 2. The van der Waals surface area contributed by atoms with E-state index in [1.165, 1.54) is 6.08 Å². The Kier molecular flexibility index (Phi) is 5.80. The lowest BCUT2D eigenvalue weighted by atomic mass is 10.1. The second-order valence-electron chi connectivity index (χ2n) is 6.33. The van der Waals surface area contributed by atoms with Gasteiger partial charge < -0.3 is 9.26 Å². The van der Waals surface area contributed by atoms with E-state index in [9.17, 15) is 9.59 Å². The summed E-state index contributed by atoms with van der Waals surface area (Å²) in [5.74, 6) is 0.406. The van der Waals surface area contributed by atoms with Gasteiger partial charge in [0.2, 0.25) is 5.78 Å². The molecule has 2 heterocycles. The number of carbonyl (C=O) groups excluding carboxylic acids is 2. The van der Waals surface area contributed by atoms with Gasteiger partial charge in [-0.15, -0.1) is 0 Å². The normalized spacial score (nSPS) is 11.1. The summed E-state index contributed by atoms with van der Waals surface area (Å²) in [5.41, 5.74) is 2.83. The van der Waals surface area contributed by atoms with Crippen LogP contribution in [0.25, 0.3) is 11.9 Å². The summed E-state index contributed by atoms with van der Waals surface area (Å²) in [7, 11) is 0. The Morgan fingerprint density at radius 1 is 1.18 bits per heavy atom. The summed E-state index contributed by atoms with van der Waals surface area (Å²) in [6.07, 6.45) is 2.87. The molecule has 0 unspecified atom stereocenters. The topological polar surface area (TPSA) is 74.3 Å². The molecule has 0 atom stereocenters. The van der Waals surface area contributed by atoms with Crippen molar-refractivity contribution < 1.29 is 18.8 Å². The largest absolute Gasteiger partial charge is 0.454 e. The van der Waals surface area contributed by atoms with Gasteiger partial charge in [0.15, 0.2) is 12.4 Å². The van der Waals surface area contributed by atoms with Gasteiger partial charge in [-0.05, 0) is 50.6 Å². The smallest absolute Gasteiger partial charge is 0.331 e. The van der Waals surface area contributed by atoms with Gasteiger partial charge in [-0.1, -0.05) is 28.9 Å². The van der Waals surface area contributed by atoms with E-state index in [0.29, 0.717) is 27.9 Å². The molecule has 0 saturated carbocycles. The van der Waals surface area contributed by atoms with Gasteiger partial charge in [0, 0.05) is 34.1 Å². The van der Waals surface area contributed by atoms with Crippen LogP contribution in [0.1, 0.15) is 33.1 Å². The summed E-state index contributed by atoms with van der Waals surface area (Å²) < 4.78 is 12.0. The number of benzene rings is 1. The van der Waals surface area contributed by atoms with Crippen LogP contribution < -0.4 is 0 Å². The quantitative estimate of drug-likeness (QED) is 0.347. The highest BCUT2D eigenvalue weighted by atomic mass is 35.5. The van der Waals surface area contributed by atoms with E-state index in [2.05, 4.69) is 5.16 Å². The third kappa shape index (κ3) is 4.40. The SMILES string of the molecule is Cc1cc(-n2c(C)cc(C(=O)COC(=O)C=Cc3ccc(Cl)cc3)c2C)no1. The zero-order chi connectivity index (χ0) is 20.3. The Bertz CT molecular complexity index is 1050. The summed E-state index contributed by atoms with van der Waals surface area (Å²) in [6.45, 7) is 5.14. The molecule has 28 heavy (non-hydrogen) atoms. The molecule has 2 aromatic heterocycles. The minimum Gasteiger partial charge on any atom is -0.454 e. The number of esters is 1. The number of nitrogens with zero attached hydrogens (tertiary/aromatic N) is 2. The van der Waals surface area contributed by atoms with Crippen molar-refractivity contribution >= 4 is 29.4 Å². The maximum atomic E-state index is 12.5. The molecule has 3 aromatic rings. The number of hydrogen-bond donors (Lipinski definition) is 0. The summed E-state index contributed by atoms with van der Waals surface area (Å²) in [6, 6.07) is 10.5. The molecule has 0 spiro atoms. The highest BCUT2D eigenvalue weighted by Crippen LogP contribution is 2.21. The second kappa shape index (κ2) is 8.27. The van der Waals surface area contributed by atoms with Crippen molar-refractivity contribution in [3.8, 4) is 5.82 Å². The third-order valence-electron chi connectivity index (χ3n) is 4.20. The second-order valence-corrected chi connectivity index (χ2v) is 6.77. The first-order chi connectivity index (χ1) is 13.3. The van der Waals surface area contributed by atoms with Gasteiger partial charge in [-0.2, -0.15) is 0 Å². The number of hydrogen-bond acceptors (Lipinski definition) is 5. The van der Waals surface area contributed by atoms with Crippen LogP contribution in [0.4, 0.5) is 0 Å². The molecule has 144 valence electrons. The molecule has 0 N–H and O–H groups in total. The Morgan fingerprint density at radius 2 is 1.89 bits per heavy atom. The minimum absolute atomic E-state index is 0.284. The number of halogens is 1. The fourth-order valence-corrected chi connectivity index (χ4v) is 2.98. The number of carbonyl (C=O) groups is 2. The monoisotopic (exact) mass is 398 g/mol. The first kappa shape index (κ1) is 19.6. The van der Waals surface area contributed by atoms with Gasteiger partial charge in [0.25, 0.3) is 0 Å². The minimum atomic E-state index is -0.593. The molecule has 0 aliphatic carbocycles. The molecule has 0 radical (unpaired) electrons. The number of rotatable bonds is 6. The molecule has 0 saturated heterocycles. The van der Waals surface area contributed by atoms with Crippen molar-refractivity contribution in [2.75, 3.05) is 6.61 Å². The third-order valence-corrected chi connectivity index (χ3v) is 4.46. The van der Waals surface area contributed by atoms with Gasteiger partial charge in [-0.3, -0.25) is 9.36 Å². The molecular formula is C21H19ClN2O4. The van der Waals surface area contributed by atoms with Crippen LogP contribution in [0, 0.1) is 20.8 Å². The van der Waals surface area contributed by atoms with Crippen LogP contribution in [0.15, 0.2) is 47.0 Å². The van der Waals surface area contributed by atoms with Crippen LogP contribution >= 0.6 is 11.6 Å². The van der Waals surface area contributed by atoms with E-state index < -0.39 is 5.97 Å². The summed E-state index contributed by atoms with van der Waals surface area (Å²) >= 11 is 5.82. The molecule has 3 rings (SSSR count). The van der Waals surface area contributed by atoms with Crippen molar-refractivity contribution in [3.05, 3.63) is 75.8 Å². The standard InChI is InChI=1S/C21H19ClN2O4/c1-13-10-18(15(3)24(13)20-11-14(2)28-23-20)19(25)12-27-21(26)9-6-16-4-7-17(22)8-5-16/h4-11H,12H2,1-3H3. The van der Waals surface area contributed by atoms with Gasteiger partial charge in [0.05, 0.1) is 0 Å². The number of ether oxygens (including phenoxy) is 1. The van der Waals surface area contributed by atoms with E-state index in [0.717, 1.165) is 11.3 Å². The highest BCUT2D eigenvalue weighted by molar-refractivity contribution is 6.30. The Morgan fingerprint density at radius 3 is 2.54 bits per heavy atom. The lowest BCUT2D eigenvalue weighted by Crippen LogP contribution is -2.13. The summed E-state index contributed by atoms with van der Waals surface area (Å²) in [4.78, 5) is 24.4. The molecule has 0 aliphatic rings. The fraction of sp³-hybridized carbons (Fsp3) is 0.190. The zero-order valence-electron chi connectivity index (χ0n) is 15.7. The van der Waals surface area contributed by atoms with Crippen LogP contribution in [-0.4, -0.2) is 28.1 Å². The molecule has 1 aromatic carbocycles. The van der Waals surface area contributed by atoms with E-state index in [4.69, 9.17) is 20.9 Å². The first-order valence-electron chi connectivity index (χ1n) is 8.61. The lowest BCUT2D eigenvalue weighted by Gasteiger charge is -2.05. The van der Waals surface area contributed by atoms with E-state index >= 15 is 0 Å². The van der Waals surface area contributed by atoms with Gasteiger partial charge >= 0.3 is 5.97 Å². The molecule has 0 fully saturated rings. The van der Waals surface area contributed by atoms with Crippen molar-refractivity contribution in [1.29, 1.82) is 0 Å². The van der Waals surface area contributed by atoms with Gasteiger partial charge in [0.1, 0.15) is 5.76 Å². The Hall–Kier alpha value is -3.12. The van der Waals surface area contributed by atoms with Crippen molar-refractivity contribution in [1.82, 2.24) is 9.72 Å². The van der Waals surface area contributed by atoms with Crippen molar-refractivity contribution in [2.45, 2.75) is 20.8 Å². The fourth-order valence-electron chi connectivity index (χ4n) is 2.86. The molecule has 0 amide bonds. The molecular weight excluding hydrogens is 380 g/mol. The van der Waals surface area contributed by atoms with Crippen LogP contribution in [-0.2, 0) is 9.53 Å². The van der Waals surface area contributed by atoms with E-state index in [-0.39, 0.29) is 12.4 Å². The predicted molar refractivity (Wildman–Crippen MR) is 106 cm³/mol. The molecule has 7 heteroatoms. The Labute approximate surface area is 167 Å². The van der Waals surface area contributed by atoms with E-state index in [1.54, 1.807) is 49.4 Å². The number of aryl methyl sites for hydroxylation is 2. The summed E-state index contributed by atoms with van der Waals surface area (Å²) in [5, 5.41) is 4.60. The maximum Gasteiger partial charge on any atom is 0.331 e. The molecule has 0 bridgehead atoms. The number of Topliss-reactive ketones (excluding diaryl/α,β-unsaturated/α-hetero) is 1. The van der Waals surface area contributed by atoms with Crippen molar-refractivity contribution in [3.63, 3.8) is 0 Å². The predicted octanol–water partition coefficient (Wildman–Crippen LogP) is 4.48. The average Bonchev–Trinajstić information content (AvgIpc) is 3.21. The lowest BCUT2D eigenvalue weighted by molar-refractivity contribution is -0.136. The van der Waals surface area contributed by atoms with Crippen LogP contribution in [0.2, 0.25) is 5.02 Å². The molecule has 0 aliphatic heterocycles. The van der Waals surface area contributed by atoms with Crippen LogP contribution in [0.5, 0.6) is 0 Å². The molecule has 6 nitrogen and oxygen atoms in total.